The highest BCUT2D eigenvalue weighted by atomic mass is 32.1. The van der Waals surface area contributed by atoms with Crippen LogP contribution in [0.2, 0.25) is 0 Å². The average molecular weight is 592 g/mol. The van der Waals surface area contributed by atoms with Crippen molar-refractivity contribution in [1.29, 1.82) is 0 Å². The zero-order valence-corrected chi connectivity index (χ0v) is 23.0. The molecule has 0 spiro atoms. The summed E-state index contributed by atoms with van der Waals surface area (Å²) >= 11 is 1.28. The van der Waals surface area contributed by atoms with Gasteiger partial charge in [-0.05, 0) is 37.5 Å². The third-order valence-electron chi connectivity index (χ3n) is 7.39. The first-order chi connectivity index (χ1) is 19.5. The first-order valence-corrected chi connectivity index (χ1v) is 13.8. The summed E-state index contributed by atoms with van der Waals surface area (Å²) in [5.74, 6) is -4.23. The summed E-state index contributed by atoms with van der Waals surface area (Å²) in [5, 5.41) is 7.21. The Hall–Kier alpha value is -3.98. The Morgan fingerprint density at radius 1 is 1.32 bits per heavy atom. The molecule has 3 atom stereocenters. The van der Waals surface area contributed by atoms with E-state index in [4.69, 9.17) is 15.5 Å². The molecular formula is C26H28F3N7O4S. The van der Waals surface area contributed by atoms with Gasteiger partial charge in [0.25, 0.3) is 5.92 Å². The minimum Gasteiger partial charge on any atom is -0.463 e. The van der Waals surface area contributed by atoms with E-state index in [1.807, 2.05) is 5.32 Å². The van der Waals surface area contributed by atoms with Crippen molar-refractivity contribution in [3.05, 3.63) is 63.0 Å². The van der Waals surface area contributed by atoms with Gasteiger partial charge in [-0.25, -0.2) is 32.5 Å². The van der Waals surface area contributed by atoms with Gasteiger partial charge in [0, 0.05) is 36.4 Å². The second-order valence-corrected chi connectivity index (χ2v) is 10.8. The quantitative estimate of drug-likeness (QED) is 0.439. The number of ether oxygens (including phenoxy) is 1. The van der Waals surface area contributed by atoms with Crippen molar-refractivity contribution in [1.82, 2.24) is 25.4 Å². The molecule has 4 N–H and O–H groups in total. The number of halogens is 3. The number of likely N-dealkylation sites (tertiary alicyclic amines) is 2. The Bertz CT molecular complexity index is 1430. The highest BCUT2D eigenvalue weighted by Gasteiger charge is 2.61. The smallest absolute Gasteiger partial charge is 0.338 e. The van der Waals surface area contributed by atoms with Gasteiger partial charge in [-0.2, -0.15) is 0 Å². The number of hydrogen-bond donors (Lipinski definition) is 3. The second kappa shape index (κ2) is 11.1. The van der Waals surface area contributed by atoms with Gasteiger partial charge in [0.15, 0.2) is 10.8 Å². The van der Waals surface area contributed by atoms with Crippen LogP contribution in [0.4, 0.5) is 22.8 Å². The number of thiazole rings is 1. The predicted octanol–water partition coefficient (Wildman–Crippen LogP) is 2.68. The average Bonchev–Trinajstić information content (AvgIpc) is 3.64. The maximum absolute atomic E-state index is 15.4. The number of benzene rings is 1. The second-order valence-electron chi connectivity index (χ2n) is 9.86. The van der Waals surface area contributed by atoms with E-state index >= 15 is 8.78 Å². The molecule has 15 heteroatoms. The summed E-state index contributed by atoms with van der Waals surface area (Å²) < 4.78 is 50.8. The van der Waals surface area contributed by atoms with Gasteiger partial charge < -0.3 is 20.7 Å². The van der Waals surface area contributed by atoms with Gasteiger partial charge >= 0.3 is 18.0 Å². The van der Waals surface area contributed by atoms with Crippen molar-refractivity contribution >= 4 is 35.2 Å². The molecule has 4 heterocycles. The molecule has 2 saturated heterocycles. The third kappa shape index (κ3) is 5.38. The van der Waals surface area contributed by atoms with E-state index in [0.717, 1.165) is 4.90 Å². The molecule has 1 aromatic heterocycles. The van der Waals surface area contributed by atoms with Crippen LogP contribution in [-0.2, 0) is 9.53 Å². The van der Waals surface area contributed by atoms with E-state index in [0.29, 0.717) is 16.4 Å². The number of nitrogens with two attached hydrogens (primary N) is 1. The number of hydrogen-bond acceptors (Lipinski definition) is 9. The summed E-state index contributed by atoms with van der Waals surface area (Å²) in [6.45, 7) is 2.38. The van der Waals surface area contributed by atoms with E-state index in [1.165, 1.54) is 28.4 Å². The van der Waals surface area contributed by atoms with Crippen LogP contribution >= 0.6 is 11.3 Å². The zero-order valence-electron chi connectivity index (χ0n) is 22.2. The number of urea groups is 2. The Balaban J connectivity index is 1.56. The van der Waals surface area contributed by atoms with Crippen molar-refractivity contribution in [2.45, 2.75) is 44.3 Å². The normalized spacial score (nSPS) is 23.6. The molecule has 3 unspecified atom stereocenters. The van der Waals surface area contributed by atoms with Crippen LogP contribution in [0.3, 0.4) is 0 Å². The molecular weight excluding hydrogens is 563 g/mol. The van der Waals surface area contributed by atoms with Crippen molar-refractivity contribution in [2.24, 2.45) is 10.7 Å². The summed E-state index contributed by atoms with van der Waals surface area (Å²) in [5.41, 5.74) is 6.05. The molecule has 4 amide bonds. The van der Waals surface area contributed by atoms with E-state index in [-0.39, 0.29) is 43.0 Å². The third-order valence-corrected chi connectivity index (χ3v) is 8.17. The van der Waals surface area contributed by atoms with Gasteiger partial charge in [0.2, 0.25) is 0 Å². The topological polar surface area (TPSA) is 142 Å². The number of carbonyl (C=O) groups excluding carboxylic acids is 3. The lowest BCUT2D eigenvalue weighted by Crippen LogP contribution is -2.53. The van der Waals surface area contributed by atoms with Crippen LogP contribution in [0.15, 0.2) is 46.0 Å². The molecule has 1 aromatic carbocycles. The standard InChI is InChI=1S/C26H28F3N7O4S/c1-3-40-23(37)18-16(11-35-12-26(28,29)20-17(35)7-9-36(20)25(39)34-24(30)38)32-21(22-31-8-10-41-22)33-19(18)14-5-4-6-15(27)13(14)2/h4-6,8,10,17,19-20H,3,7,9,11-12H2,1-2H3,(H,32,33)(H3,30,34,38,39). The molecule has 3 aliphatic heterocycles. The van der Waals surface area contributed by atoms with E-state index in [1.54, 1.807) is 31.5 Å². The number of amidine groups is 1. The monoisotopic (exact) mass is 591 g/mol. The number of carbonyl (C=O) groups is 3. The van der Waals surface area contributed by atoms with Crippen LogP contribution in [-0.4, -0.2) is 82.9 Å². The number of alkyl halides is 2. The lowest BCUT2D eigenvalue weighted by atomic mass is 9.92. The zero-order chi connectivity index (χ0) is 29.5. The molecule has 0 aliphatic carbocycles. The maximum Gasteiger partial charge on any atom is 0.338 e. The molecule has 218 valence electrons. The number of aromatic nitrogens is 1. The van der Waals surface area contributed by atoms with Crippen molar-refractivity contribution in [3.63, 3.8) is 0 Å². The van der Waals surface area contributed by atoms with Crippen LogP contribution in [0, 0.1) is 12.7 Å². The summed E-state index contributed by atoms with van der Waals surface area (Å²) in [6, 6.07) is -0.957. The molecule has 0 radical (unpaired) electrons. The predicted molar refractivity (Wildman–Crippen MR) is 143 cm³/mol. The number of amides is 4. The van der Waals surface area contributed by atoms with Crippen LogP contribution in [0.5, 0.6) is 0 Å². The highest BCUT2D eigenvalue weighted by Crippen LogP contribution is 2.43. The number of imide groups is 1. The van der Waals surface area contributed by atoms with E-state index in [9.17, 15) is 18.8 Å². The van der Waals surface area contributed by atoms with Crippen LogP contribution in [0.25, 0.3) is 0 Å². The SMILES string of the molecule is CCOC(=O)C1=C(CN2CC(F)(F)C3C2CCN3C(=O)NC(N)=O)NC(c2nccs2)=NC1c1cccc(F)c1C. The minimum absolute atomic E-state index is 0.0192. The fourth-order valence-electron chi connectivity index (χ4n) is 5.69. The lowest BCUT2D eigenvalue weighted by molar-refractivity contribution is -0.139. The summed E-state index contributed by atoms with van der Waals surface area (Å²) in [6.07, 6.45) is 1.78. The van der Waals surface area contributed by atoms with Crippen molar-refractivity contribution in [3.8, 4) is 0 Å². The van der Waals surface area contributed by atoms with Crippen LogP contribution in [0.1, 0.15) is 35.5 Å². The molecule has 0 bridgehead atoms. The van der Waals surface area contributed by atoms with Crippen molar-refractivity contribution in [2.75, 3.05) is 26.2 Å². The molecule has 2 aromatic rings. The van der Waals surface area contributed by atoms with E-state index in [2.05, 4.69) is 10.3 Å². The Morgan fingerprint density at radius 3 is 2.78 bits per heavy atom. The van der Waals surface area contributed by atoms with Gasteiger partial charge in [-0.3, -0.25) is 15.2 Å². The van der Waals surface area contributed by atoms with Gasteiger partial charge in [-0.15, -0.1) is 11.3 Å². The lowest BCUT2D eigenvalue weighted by Gasteiger charge is -2.31. The molecule has 2 fully saturated rings. The number of fused-ring (bicyclic) bond motifs is 1. The van der Waals surface area contributed by atoms with Crippen LogP contribution < -0.4 is 16.4 Å². The fraction of sp³-hybridized carbons (Fsp3) is 0.423. The highest BCUT2D eigenvalue weighted by molar-refractivity contribution is 7.11. The first-order valence-electron chi connectivity index (χ1n) is 12.9. The number of primary amides is 1. The Labute approximate surface area is 237 Å². The maximum atomic E-state index is 15.4. The molecule has 11 nitrogen and oxygen atoms in total. The molecule has 3 aliphatic rings. The number of esters is 1. The number of nitrogens with zero attached hydrogens (tertiary/aromatic N) is 4. The molecule has 41 heavy (non-hydrogen) atoms. The fourth-order valence-corrected chi connectivity index (χ4v) is 6.28. The molecule has 5 rings (SSSR count). The van der Waals surface area contributed by atoms with Gasteiger partial charge in [-0.1, -0.05) is 12.1 Å². The van der Waals surface area contributed by atoms with Crippen molar-refractivity contribution < 1.29 is 32.3 Å². The van der Waals surface area contributed by atoms with Gasteiger partial charge in [0.05, 0.1) is 18.7 Å². The molecule has 0 saturated carbocycles. The minimum atomic E-state index is -3.32. The largest absolute Gasteiger partial charge is 0.463 e. The summed E-state index contributed by atoms with van der Waals surface area (Å²) in [7, 11) is 0. The Morgan fingerprint density at radius 2 is 2.10 bits per heavy atom. The number of aliphatic imine (C=N–C) groups is 1. The number of rotatable bonds is 6. The number of nitrogens with one attached hydrogen (secondary N) is 2. The summed E-state index contributed by atoms with van der Waals surface area (Å²) in [4.78, 5) is 48.5. The van der Waals surface area contributed by atoms with E-state index < -0.39 is 54.4 Å². The Kier molecular flexibility index (Phi) is 7.74. The van der Waals surface area contributed by atoms with Gasteiger partial charge in [0.1, 0.15) is 17.9 Å². The first kappa shape index (κ1) is 28.5.